The van der Waals surface area contributed by atoms with Gasteiger partial charge in [-0.1, -0.05) is 46.4 Å². The molecule has 0 bridgehead atoms. The summed E-state index contributed by atoms with van der Waals surface area (Å²) < 4.78 is 0. The van der Waals surface area contributed by atoms with Gasteiger partial charge in [0.15, 0.2) is 0 Å². The molecule has 1 aliphatic carbocycles. The molecule has 0 heterocycles. The van der Waals surface area contributed by atoms with Crippen LogP contribution in [0.1, 0.15) is 47.5 Å². The van der Waals surface area contributed by atoms with Crippen molar-refractivity contribution in [3.8, 4) is 0 Å². The van der Waals surface area contributed by atoms with Crippen molar-refractivity contribution in [1.82, 2.24) is 0 Å². The van der Waals surface area contributed by atoms with Crippen LogP contribution in [0.5, 0.6) is 0 Å². The zero-order valence-electron chi connectivity index (χ0n) is 10.4. The molecule has 1 unspecified atom stereocenters. The van der Waals surface area contributed by atoms with E-state index in [1.54, 1.807) is 0 Å². The molecule has 0 nitrogen and oxygen atoms in total. The molecule has 0 aliphatic heterocycles. The first-order chi connectivity index (χ1) is 6.65. The number of hydrogen-bond donors (Lipinski definition) is 0. The van der Waals surface area contributed by atoms with Crippen LogP contribution in [0.4, 0.5) is 0 Å². The minimum atomic E-state index is 0.687. The highest BCUT2D eigenvalue weighted by Gasteiger charge is 2.10. The Bertz CT molecular complexity index is 241. The lowest BCUT2D eigenvalue weighted by atomic mass is 9.88. The van der Waals surface area contributed by atoms with Crippen LogP contribution in [0.15, 0.2) is 35.5 Å². The Morgan fingerprint density at radius 3 is 2.57 bits per heavy atom. The molecule has 0 spiro atoms. The summed E-state index contributed by atoms with van der Waals surface area (Å²) in [6, 6.07) is 0. The third-order valence-corrected chi connectivity index (χ3v) is 2.48. The molecular weight excluding hydrogens is 168 g/mol. The van der Waals surface area contributed by atoms with Crippen molar-refractivity contribution >= 4 is 0 Å². The Morgan fingerprint density at radius 1 is 1.50 bits per heavy atom. The van der Waals surface area contributed by atoms with Crippen molar-refractivity contribution < 1.29 is 0 Å². The number of rotatable bonds is 2. The van der Waals surface area contributed by atoms with Crippen molar-refractivity contribution in [2.45, 2.75) is 47.5 Å². The van der Waals surface area contributed by atoms with E-state index in [-0.39, 0.29) is 0 Å². The second kappa shape index (κ2) is 6.64. The Balaban J connectivity index is 0.000000791. The van der Waals surface area contributed by atoms with E-state index in [9.17, 15) is 0 Å². The lowest BCUT2D eigenvalue weighted by molar-refractivity contribution is 0.722. The molecule has 0 heteroatoms. The molecular formula is C14H24. The molecule has 0 amide bonds. The van der Waals surface area contributed by atoms with Gasteiger partial charge in [-0.25, -0.2) is 0 Å². The molecule has 0 aromatic carbocycles. The zero-order valence-corrected chi connectivity index (χ0v) is 10.4. The molecule has 1 rings (SSSR count). The summed E-state index contributed by atoms with van der Waals surface area (Å²) in [5, 5.41) is 0. The second-order valence-electron chi connectivity index (χ2n) is 3.64. The molecule has 0 N–H and O–H groups in total. The van der Waals surface area contributed by atoms with E-state index < -0.39 is 0 Å². The van der Waals surface area contributed by atoms with Gasteiger partial charge in [0, 0.05) is 0 Å². The first-order valence-electron chi connectivity index (χ1n) is 5.72. The highest BCUT2D eigenvalue weighted by atomic mass is 14.2. The fourth-order valence-electron chi connectivity index (χ4n) is 1.54. The van der Waals surface area contributed by atoms with Gasteiger partial charge in [0.25, 0.3) is 0 Å². The maximum Gasteiger partial charge on any atom is -0.0218 e. The minimum absolute atomic E-state index is 0.687. The van der Waals surface area contributed by atoms with Gasteiger partial charge in [-0.2, -0.15) is 0 Å². The first-order valence-corrected chi connectivity index (χ1v) is 5.72. The molecule has 0 aromatic rings. The Morgan fingerprint density at radius 2 is 2.07 bits per heavy atom. The molecule has 1 aliphatic rings. The average Bonchev–Trinajstić information content (AvgIpc) is 2.23. The summed E-state index contributed by atoms with van der Waals surface area (Å²) in [6.07, 6.45) is 6.91. The van der Waals surface area contributed by atoms with Gasteiger partial charge >= 0.3 is 0 Å². The van der Waals surface area contributed by atoms with Gasteiger partial charge in [0.05, 0.1) is 0 Å². The Kier molecular flexibility index (Phi) is 6.27. The summed E-state index contributed by atoms with van der Waals surface area (Å²) in [6.45, 7) is 14.7. The van der Waals surface area contributed by atoms with E-state index in [0.717, 1.165) is 6.42 Å². The fourth-order valence-corrected chi connectivity index (χ4v) is 1.54. The molecule has 14 heavy (non-hydrogen) atoms. The summed E-state index contributed by atoms with van der Waals surface area (Å²) in [5.41, 5.74) is 4.06. The molecule has 0 saturated heterocycles. The zero-order chi connectivity index (χ0) is 11.1. The maximum atomic E-state index is 4.07. The summed E-state index contributed by atoms with van der Waals surface area (Å²) in [4.78, 5) is 0. The normalized spacial score (nSPS) is 20.2. The van der Waals surface area contributed by atoms with E-state index in [2.05, 4.69) is 39.5 Å². The molecule has 80 valence electrons. The lowest BCUT2D eigenvalue weighted by Crippen LogP contribution is -2.01. The third kappa shape index (κ3) is 3.53. The smallest absolute Gasteiger partial charge is 0.0218 e. The minimum Gasteiger partial charge on any atom is -0.0952 e. The number of hydrogen-bond acceptors (Lipinski definition) is 0. The van der Waals surface area contributed by atoms with Crippen LogP contribution in [0, 0.1) is 5.92 Å². The Labute approximate surface area is 89.4 Å². The van der Waals surface area contributed by atoms with E-state index in [0.29, 0.717) is 5.92 Å². The number of allylic oxidation sites excluding steroid dienone is 5. The predicted octanol–water partition coefficient (Wildman–Crippen LogP) is 4.89. The molecule has 0 saturated carbocycles. The summed E-state index contributed by atoms with van der Waals surface area (Å²) in [7, 11) is 0. The van der Waals surface area contributed by atoms with Gasteiger partial charge in [0.2, 0.25) is 0 Å². The van der Waals surface area contributed by atoms with Crippen LogP contribution < -0.4 is 0 Å². The van der Waals surface area contributed by atoms with E-state index in [4.69, 9.17) is 0 Å². The SMILES string of the molecule is C=C(CC)C1=CC(C)CC=C1C.CC. The highest BCUT2D eigenvalue weighted by molar-refractivity contribution is 5.46. The maximum absolute atomic E-state index is 4.07. The fraction of sp³-hybridized carbons (Fsp3) is 0.571. The van der Waals surface area contributed by atoms with Gasteiger partial charge in [-0.05, 0) is 42.4 Å². The van der Waals surface area contributed by atoms with Crippen molar-refractivity contribution in [3.63, 3.8) is 0 Å². The van der Waals surface area contributed by atoms with Gasteiger partial charge in [0.1, 0.15) is 0 Å². The monoisotopic (exact) mass is 192 g/mol. The predicted molar refractivity (Wildman–Crippen MR) is 66.4 cm³/mol. The average molecular weight is 192 g/mol. The van der Waals surface area contributed by atoms with Gasteiger partial charge < -0.3 is 0 Å². The van der Waals surface area contributed by atoms with Crippen LogP contribution >= 0.6 is 0 Å². The van der Waals surface area contributed by atoms with E-state index in [1.807, 2.05) is 13.8 Å². The van der Waals surface area contributed by atoms with Gasteiger partial charge in [-0.15, -0.1) is 0 Å². The highest BCUT2D eigenvalue weighted by Crippen LogP contribution is 2.28. The topological polar surface area (TPSA) is 0 Å². The molecule has 0 fully saturated rings. The molecule has 0 radical (unpaired) electrons. The van der Waals surface area contributed by atoms with E-state index in [1.165, 1.54) is 23.1 Å². The largest absolute Gasteiger partial charge is 0.0952 e. The molecule has 1 atom stereocenters. The quantitative estimate of drug-likeness (QED) is 0.584. The second-order valence-corrected chi connectivity index (χ2v) is 3.64. The summed E-state index contributed by atoms with van der Waals surface area (Å²) in [5.74, 6) is 0.687. The third-order valence-electron chi connectivity index (χ3n) is 2.48. The standard InChI is InChI=1S/C12H18.C2H6/c1-5-10(3)12-8-9(2)6-7-11(12)4;1-2/h7-9H,3,5-6H2,1-2,4H3;1-2H3. The van der Waals surface area contributed by atoms with Crippen LogP contribution in [-0.4, -0.2) is 0 Å². The van der Waals surface area contributed by atoms with Crippen LogP contribution in [0.3, 0.4) is 0 Å². The van der Waals surface area contributed by atoms with Crippen LogP contribution in [0.25, 0.3) is 0 Å². The first kappa shape index (κ1) is 13.2. The van der Waals surface area contributed by atoms with E-state index >= 15 is 0 Å². The van der Waals surface area contributed by atoms with Crippen molar-refractivity contribution in [3.05, 3.63) is 35.5 Å². The van der Waals surface area contributed by atoms with Crippen molar-refractivity contribution in [2.75, 3.05) is 0 Å². The Hall–Kier alpha value is -0.780. The lowest BCUT2D eigenvalue weighted by Gasteiger charge is -2.18. The summed E-state index contributed by atoms with van der Waals surface area (Å²) >= 11 is 0. The van der Waals surface area contributed by atoms with Crippen molar-refractivity contribution in [2.24, 2.45) is 5.92 Å². The van der Waals surface area contributed by atoms with Crippen LogP contribution in [-0.2, 0) is 0 Å². The van der Waals surface area contributed by atoms with Crippen LogP contribution in [0.2, 0.25) is 0 Å². The molecule has 0 aromatic heterocycles. The van der Waals surface area contributed by atoms with Crippen molar-refractivity contribution in [1.29, 1.82) is 0 Å². The van der Waals surface area contributed by atoms with Gasteiger partial charge in [-0.3, -0.25) is 0 Å².